The third-order valence-electron chi connectivity index (χ3n) is 3.49. The Balaban J connectivity index is 2.34. The van der Waals surface area contributed by atoms with Crippen molar-refractivity contribution in [3.63, 3.8) is 0 Å². The van der Waals surface area contributed by atoms with Crippen LogP contribution in [-0.4, -0.2) is 39.4 Å². The Hall–Kier alpha value is -1.20. The Morgan fingerprint density at radius 3 is 2.89 bits per heavy atom. The van der Waals surface area contributed by atoms with Gasteiger partial charge in [-0.2, -0.15) is 0 Å². The van der Waals surface area contributed by atoms with Crippen LogP contribution in [0.25, 0.3) is 0 Å². The van der Waals surface area contributed by atoms with Crippen molar-refractivity contribution in [3.8, 4) is 0 Å². The molecule has 2 rings (SSSR count). The minimum Gasteiger partial charge on any atom is -0.394 e. The van der Waals surface area contributed by atoms with Crippen molar-refractivity contribution < 1.29 is 10.2 Å². The van der Waals surface area contributed by atoms with E-state index in [0.29, 0.717) is 5.82 Å². The second kappa shape index (κ2) is 6.11. The molecule has 100 valence electrons. The van der Waals surface area contributed by atoms with Crippen LogP contribution in [0, 0.1) is 6.92 Å². The maximum absolute atomic E-state index is 9.53. The van der Waals surface area contributed by atoms with E-state index >= 15 is 0 Å². The topological polar surface area (TPSA) is 69.5 Å². The zero-order chi connectivity index (χ0) is 13.0. The fraction of sp³-hybridized carbons (Fsp3) is 0.692. The molecule has 0 amide bonds. The number of rotatable bonds is 3. The van der Waals surface area contributed by atoms with Crippen LogP contribution in [0.2, 0.25) is 0 Å². The number of hydrogen-bond acceptors (Lipinski definition) is 5. The second-order valence-electron chi connectivity index (χ2n) is 4.80. The first-order valence-electron chi connectivity index (χ1n) is 6.57. The molecular formula is C13H21N3O2. The van der Waals surface area contributed by atoms with E-state index < -0.39 is 0 Å². The van der Waals surface area contributed by atoms with E-state index in [1.165, 1.54) is 6.42 Å². The maximum Gasteiger partial charge on any atom is 0.138 e. The Bertz CT molecular complexity index is 398. The van der Waals surface area contributed by atoms with Crippen molar-refractivity contribution in [1.82, 2.24) is 9.97 Å². The molecular weight excluding hydrogens is 230 g/mol. The molecule has 0 bridgehead atoms. The Morgan fingerprint density at radius 1 is 1.33 bits per heavy atom. The van der Waals surface area contributed by atoms with E-state index in [2.05, 4.69) is 14.9 Å². The van der Waals surface area contributed by atoms with Crippen LogP contribution in [0.4, 0.5) is 5.82 Å². The van der Waals surface area contributed by atoms with Gasteiger partial charge in [-0.3, -0.25) is 0 Å². The maximum atomic E-state index is 9.53. The fourth-order valence-electron chi connectivity index (χ4n) is 2.49. The molecule has 1 aromatic rings. The van der Waals surface area contributed by atoms with Gasteiger partial charge in [-0.05, 0) is 19.8 Å². The summed E-state index contributed by atoms with van der Waals surface area (Å²) in [5.74, 6) is 1.48. The predicted octanol–water partition coefficient (Wildman–Crippen LogP) is 1.02. The van der Waals surface area contributed by atoms with Gasteiger partial charge in [0.05, 0.1) is 19.3 Å². The summed E-state index contributed by atoms with van der Waals surface area (Å²) in [6, 6.07) is 0.104. The van der Waals surface area contributed by atoms with E-state index in [-0.39, 0.29) is 19.3 Å². The van der Waals surface area contributed by atoms with Crippen molar-refractivity contribution in [2.24, 2.45) is 0 Å². The highest BCUT2D eigenvalue weighted by atomic mass is 16.3. The predicted molar refractivity (Wildman–Crippen MR) is 69.4 cm³/mol. The summed E-state index contributed by atoms with van der Waals surface area (Å²) in [5.41, 5.74) is 0.737. The molecule has 2 N–H and O–H groups in total. The van der Waals surface area contributed by atoms with Gasteiger partial charge in [0.1, 0.15) is 11.6 Å². The van der Waals surface area contributed by atoms with Crippen molar-refractivity contribution >= 4 is 5.82 Å². The third-order valence-corrected chi connectivity index (χ3v) is 3.49. The number of aromatic nitrogens is 2. The summed E-state index contributed by atoms with van der Waals surface area (Å²) in [6.07, 6.45) is 6.08. The van der Waals surface area contributed by atoms with Gasteiger partial charge in [0.15, 0.2) is 0 Å². The largest absolute Gasteiger partial charge is 0.394 e. The minimum atomic E-state index is -0.0652. The standard InChI is InChI=1S/C13H21N3O2/c1-10-14-7-11(8-17)13(15-10)16-6-4-2-3-5-12(16)9-18/h7,12,17-18H,2-6,8-9H2,1H3. The first-order chi connectivity index (χ1) is 8.76. The van der Waals surface area contributed by atoms with Crippen LogP contribution in [0.15, 0.2) is 6.20 Å². The van der Waals surface area contributed by atoms with E-state index in [4.69, 9.17) is 0 Å². The molecule has 0 spiro atoms. The number of aliphatic hydroxyl groups excluding tert-OH is 2. The van der Waals surface area contributed by atoms with E-state index in [1.807, 2.05) is 6.92 Å². The SMILES string of the molecule is Cc1ncc(CO)c(N2CCCCCC2CO)n1. The van der Waals surface area contributed by atoms with Gasteiger partial charge in [-0.1, -0.05) is 12.8 Å². The van der Waals surface area contributed by atoms with Gasteiger partial charge in [0.2, 0.25) is 0 Å². The Kier molecular flexibility index (Phi) is 4.49. The number of aliphatic hydroxyl groups is 2. The molecule has 5 nitrogen and oxygen atoms in total. The number of anilines is 1. The monoisotopic (exact) mass is 251 g/mol. The minimum absolute atomic E-state index is 0.0652. The molecule has 5 heteroatoms. The third kappa shape index (κ3) is 2.79. The van der Waals surface area contributed by atoms with Gasteiger partial charge in [-0.15, -0.1) is 0 Å². The molecule has 0 aliphatic carbocycles. The molecule has 0 radical (unpaired) electrons. The molecule has 1 unspecified atom stereocenters. The van der Waals surface area contributed by atoms with Crippen LogP contribution in [0.5, 0.6) is 0 Å². The van der Waals surface area contributed by atoms with Crippen molar-refractivity contribution in [1.29, 1.82) is 0 Å². The van der Waals surface area contributed by atoms with E-state index in [0.717, 1.165) is 37.2 Å². The summed E-state index contributed by atoms with van der Waals surface area (Å²) in [4.78, 5) is 10.7. The summed E-state index contributed by atoms with van der Waals surface area (Å²) < 4.78 is 0. The smallest absolute Gasteiger partial charge is 0.138 e. The normalized spacial score (nSPS) is 20.8. The van der Waals surface area contributed by atoms with E-state index in [1.54, 1.807) is 6.20 Å². The molecule has 2 heterocycles. The molecule has 1 aliphatic heterocycles. The summed E-state index contributed by atoms with van der Waals surface area (Å²) >= 11 is 0. The molecule has 0 aromatic carbocycles. The zero-order valence-corrected chi connectivity index (χ0v) is 10.8. The Labute approximate surface area is 107 Å². The molecule has 0 saturated carbocycles. The van der Waals surface area contributed by atoms with Crippen LogP contribution in [-0.2, 0) is 6.61 Å². The highest BCUT2D eigenvalue weighted by Crippen LogP contribution is 2.25. The van der Waals surface area contributed by atoms with Gasteiger partial charge < -0.3 is 15.1 Å². The summed E-state index contributed by atoms with van der Waals surface area (Å²) in [6.45, 7) is 2.79. The lowest BCUT2D eigenvalue weighted by Gasteiger charge is -2.31. The van der Waals surface area contributed by atoms with Crippen molar-refractivity contribution in [3.05, 3.63) is 17.6 Å². The molecule has 1 aromatic heterocycles. The lowest BCUT2D eigenvalue weighted by molar-refractivity contribution is 0.252. The van der Waals surface area contributed by atoms with Crippen LogP contribution >= 0.6 is 0 Å². The average molecular weight is 251 g/mol. The van der Waals surface area contributed by atoms with Crippen LogP contribution < -0.4 is 4.90 Å². The van der Waals surface area contributed by atoms with E-state index in [9.17, 15) is 10.2 Å². The lowest BCUT2D eigenvalue weighted by atomic mass is 10.1. The molecule has 1 atom stereocenters. The fourth-order valence-corrected chi connectivity index (χ4v) is 2.49. The molecule has 1 aliphatic rings. The van der Waals surface area contributed by atoms with Gasteiger partial charge in [0, 0.05) is 18.3 Å². The van der Waals surface area contributed by atoms with Crippen molar-refractivity contribution in [2.45, 2.75) is 45.3 Å². The second-order valence-corrected chi connectivity index (χ2v) is 4.80. The van der Waals surface area contributed by atoms with Crippen LogP contribution in [0.1, 0.15) is 37.1 Å². The summed E-state index contributed by atoms with van der Waals surface area (Å²) in [7, 11) is 0. The average Bonchev–Trinajstić information content (AvgIpc) is 2.63. The quantitative estimate of drug-likeness (QED) is 0.839. The Morgan fingerprint density at radius 2 is 2.17 bits per heavy atom. The number of nitrogens with zero attached hydrogens (tertiary/aromatic N) is 3. The van der Waals surface area contributed by atoms with Gasteiger partial charge >= 0.3 is 0 Å². The van der Waals surface area contributed by atoms with Gasteiger partial charge in [-0.25, -0.2) is 9.97 Å². The lowest BCUT2D eigenvalue weighted by Crippen LogP contribution is -2.39. The van der Waals surface area contributed by atoms with Gasteiger partial charge in [0.25, 0.3) is 0 Å². The first-order valence-corrected chi connectivity index (χ1v) is 6.57. The molecule has 1 fully saturated rings. The molecule has 1 saturated heterocycles. The van der Waals surface area contributed by atoms with Crippen LogP contribution in [0.3, 0.4) is 0 Å². The highest BCUT2D eigenvalue weighted by Gasteiger charge is 2.23. The molecule has 18 heavy (non-hydrogen) atoms. The zero-order valence-electron chi connectivity index (χ0n) is 10.8. The highest BCUT2D eigenvalue weighted by molar-refractivity contribution is 5.47. The number of aryl methyl sites for hydroxylation is 1. The first kappa shape index (κ1) is 13.2. The van der Waals surface area contributed by atoms with Crippen molar-refractivity contribution in [2.75, 3.05) is 18.1 Å². The summed E-state index contributed by atoms with van der Waals surface area (Å²) in [5, 5.41) is 18.9. The number of hydrogen-bond donors (Lipinski definition) is 2.